The fourth-order valence-electron chi connectivity index (χ4n) is 2.65. The normalized spacial score (nSPS) is 15.4. The van der Waals surface area contributed by atoms with Crippen molar-refractivity contribution in [2.75, 3.05) is 11.9 Å². The Morgan fingerprint density at radius 2 is 1.85 bits per heavy atom. The number of carbonyl (C=O) groups is 2. The van der Waals surface area contributed by atoms with Crippen LogP contribution in [0, 0.1) is 6.92 Å². The third-order valence-electron chi connectivity index (χ3n) is 4.09. The maximum absolute atomic E-state index is 12.6. The fourth-order valence-corrected chi connectivity index (χ4v) is 3.96. The van der Waals surface area contributed by atoms with Crippen LogP contribution in [0.4, 0.5) is 5.69 Å². The van der Waals surface area contributed by atoms with Crippen molar-refractivity contribution < 1.29 is 9.59 Å². The Morgan fingerprint density at radius 3 is 2.56 bits per heavy atom. The van der Waals surface area contributed by atoms with Gasteiger partial charge in [-0.15, -0.1) is 0 Å². The van der Waals surface area contributed by atoms with E-state index in [9.17, 15) is 9.59 Å². The monoisotopic (exact) mass is 396 g/mol. The summed E-state index contributed by atoms with van der Waals surface area (Å²) in [6.45, 7) is 2.47. The van der Waals surface area contributed by atoms with Crippen molar-refractivity contribution in [3.8, 4) is 0 Å². The van der Waals surface area contributed by atoms with Crippen LogP contribution < -0.4 is 5.32 Å². The van der Waals surface area contributed by atoms with Crippen molar-refractivity contribution in [3.05, 3.63) is 70.6 Å². The zero-order chi connectivity index (χ0) is 19.2. The third-order valence-corrected chi connectivity index (χ3v) is 5.47. The average molecular weight is 397 g/mol. The maximum Gasteiger partial charge on any atom is 0.266 e. The molecular formula is C21H20N2O2S2. The molecule has 2 aromatic rings. The molecule has 4 nitrogen and oxygen atoms in total. The molecule has 0 bridgehead atoms. The molecule has 1 fully saturated rings. The highest BCUT2D eigenvalue weighted by Gasteiger charge is 2.31. The first kappa shape index (κ1) is 19.3. The Labute approximate surface area is 168 Å². The number of rotatable bonds is 6. The first-order valence-electron chi connectivity index (χ1n) is 8.70. The van der Waals surface area contributed by atoms with Gasteiger partial charge in [-0.2, -0.15) is 0 Å². The van der Waals surface area contributed by atoms with E-state index in [-0.39, 0.29) is 11.8 Å². The molecule has 1 heterocycles. The molecule has 1 saturated heterocycles. The number of thioether (sulfide) groups is 1. The second-order valence-electron chi connectivity index (χ2n) is 6.26. The number of carbonyl (C=O) groups excluding carboxylic acids is 2. The van der Waals surface area contributed by atoms with Crippen LogP contribution in [-0.2, 0) is 9.59 Å². The van der Waals surface area contributed by atoms with Crippen LogP contribution in [0.15, 0.2) is 59.5 Å². The molecular weight excluding hydrogens is 376 g/mol. The molecule has 1 N–H and O–H groups in total. The largest absolute Gasteiger partial charge is 0.326 e. The highest BCUT2D eigenvalue weighted by molar-refractivity contribution is 8.26. The molecule has 0 aromatic heterocycles. The molecule has 0 spiro atoms. The van der Waals surface area contributed by atoms with Gasteiger partial charge >= 0.3 is 0 Å². The number of aryl methyl sites for hydroxylation is 1. The highest BCUT2D eigenvalue weighted by Crippen LogP contribution is 2.32. The number of nitrogens with zero attached hydrogens (tertiary/aromatic N) is 1. The number of hydrogen-bond donors (Lipinski definition) is 1. The summed E-state index contributed by atoms with van der Waals surface area (Å²) in [6, 6.07) is 17.3. The Morgan fingerprint density at radius 1 is 1.15 bits per heavy atom. The molecule has 6 heteroatoms. The van der Waals surface area contributed by atoms with Crippen molar-refractivity contribution in [2.24, 2.45) is 0 Å². The second kappa shape index (κ2) is 8.97. The van der Waals surface area contributed by atoms with Crippen LogP contribution in [0.1, 0.15) is 24.0 Å². The Hall–Kier alpha value is -2.44. The van der Waals surface area contributed by atoms with Crippen molar-refractivity contribution in [1.29, 1.82) is 0 Å². The summed E-state index contributed by atoms with van der Waals surface area (Å²) in [6.07, 6.45) is 2.76. The summed E-state index contributed by atoms with van der Waals surface area (Å²) >= 11 is 6.65. The average Bonchev–Trinajstić information content (AvgIpc) is 2.92. The molecule has 0 aliphatic carbocycles. The predicted octanol–water partition coefficient (Wildman–Crippen LogP) is 4.62. The number of hydrogen-bond acceptors (Lipinski definition) is 4. The van der Waals surface area contributed by atoms with E-state index < -0.39 is 0 Å². The molecule has 2 aromatic carbocycles. The van der Waals surface area contributed by atoms with Crippen LogP contribution in [0.5, 0.6) is 0 Å². The fraction of sp³-hybridized carbons (Fsp3) is 0.190. The number of para-hydroxylation sites is 1. The molecule has 0 atom stereocenters. The summed E-state index contributed by atoms with van der Waals surface area (Å²) in [5.41, 5.74) is 2.92. The lowest BCUT2D eigenvalue weighted by atomic mass is 10.1. The minimum absolute atomic E-state index is 0.0677. The smallest absolute Gasteiger partial charge is 0.266 e. The quantitative estimate of drug-likeness (QED) is 0.572. The van der Waals surface area contributed by atoms with E-state index in [1.165, 1.54) is 17.3 Å². The topological polar surface area (TPSA) is 49.4 Å². The zero-order valence-electron chi connectivity index (χ0n) is 15.0. The summed E-state index contributed by atoms with van der Waals surface area (Å²) in [4.78, 5) is 26.8. The number of benzene rings is 2. The Bertz CT molecular complexity index is 877. The van der Waals surface area contributed by atoms with Gasteiger partial charge in [0.1, 0.15) is 4.32 Å². The lowest BCUT2D eigenvalue weighted by molar-refractivity contribution is -0.122. The second-order valence-corrected chi connectivity index (χ2v) is 7.94. The van der Waals surface area contributed by atoms with Gasteiger partial charge in [-0.1, -0.05) is 72.0 Å². The molecule has 0 saturated carbocycles. The van der Waals surface area contributed by atoms with Crippen LogP contribution >= 0.6 is 24.0 Å². The summed E-state index contributed by atoms with van der Waals surface area (Å²) in [5.74, 6) is -0.157. The summed E-state index contributed by atoms with van der Waals surface area (Å²) in [7, 11) is 0. The maximum atomic E-state index is 12.6. The van der Waals surface area contributed by atoms with Crippen molar-refractivity contribution in [1.82, 2.24) is 4.90 Å². The predicted molar refractivity (Wildman–Crippen MR) is 115 cm³/mol. The van der Waals surface area contributed by atoms with E-state index in [0.29, 0.717) is 28.6 Å². The van der Waals surface area contributed by atoms with Gasteiger partial charge in [0.05, 0.1) is 4.91 Å². The van der Waals surface area contributed by atoms with Gasteiger partial charge in [0.2, 0.25) is 5.91 Å². The van der Waals surface area contributed by atoms with Crippen LogP contribution in [-0.4, -0.2) is 27.6 Å². The highest BCUT2D eigenvalue weighted by atomic mass is 32.2. The molecule has 0 radical (unpaired) electrons. The number of amides is 2. The number of anilines is 1. The van der Waals surface area contributed by atoms with Gasteiger partial charge in [0.15, 0.2) is 0 Å². The van der Waals surface area contributed by atoms with E-state index in [1.54, 1.807) is 4.90 Å². The van der Waals surface area contributed by atoms with Crippen LogP contribution in [0.2, 0.25) is 0 Å². The lowest BCUT2D eigenvalue weighted by Gasteiger charge is -2.14. The molecule has 1 aliphatic rings. The SMILES string of the molecule is Cc1ccc(C=C2SC(=S)N(CCCC(=O)Nc3ccccc3)C2=O)cc1. The summed E-state index contributed by atoms with van der Waals surface area (Å²) in [5, 5.41) is 2.84. The van der Waals surface area contributed by atoms with Gasteiger partial charge < -0.3 is 5.32 Å². The van der Waals surface area contributed by atoms with Gasteiger partial charge in [-0.05, 0) is 37.1 Å². The number of nitrogens with one attached hydrogen (secondary N) is 1. The van der Waals surface area contributed by atoms with E-state index >= 15 is 0 Å². The van der Waals surface area contributed by atoms with Gasteiger partial charge in [-0.3, -0.25) is 14.5 Å². The standard InChI is InChI=1S/C21H20N2O2S2/c1-15-9-11-16(12-10-15)14-18-20(25)23(21(26)27-18)13-5-8-19(24)22-17-6-3-2-4-7-17/h2-4,6-7,9-12,14H,5,8,13H2,1H3,(H,22,24). The molecule has 138 valence electrons. The van der Waals surface area contributed by atoms with Gasteiger partial charge in [0.25, 0.3) is 5.91 Å². The van der Waals surface area contributed by atoms with Crippen LogP contribution in [0.3, 0.4) is 0 Å². The third kappa shape index (κ3) is 5.28. The zero-order valence-corrected chi connectivity index (χ0v) is 16.6. The number of thiocarbonyl (C=S) groups is 1. The minimum atomic E-state index is -0.0888. The van der Waals surface area contributed by atoms with Gasteiger partial charge in [-0.25, -0.2) is 0 Å². The molecule has 0 unspecified atom stereocenters. The van der Waals surface area contributed by atoms with Crippen molar-refractivity contribution in [3.63, 3.8) is 0 Å². The van der Waals surface area contributed by atoms with E-state index in [0.717, 1.165) is 11.3 Å². The molecule has 1 aliphatic heterocycles. The van der Waals surface area contributed by atoms with E-state index in [4.69, 9.17) is 12.2 Å². The first-order valence-corrected chi connectivity index (χ1v) is 9.92. The Balaban J connectivity index is 1.53. The molecule has 3 rings (SSSR count). The Kier molecular flexibility index (Phi) is 6.42. The first-order chi connectivity index (χ1) is 13.0. The van der Waals surface area contributed by atoms with E-state index in [1.807, 2.05) is 67.6 Å². The van der Waals surface area contributed by atoms with Crippen molar-refractivity contribution in [2.45, 2.75) is 19.8 Å². The van der Waals surface area contributed by atoms with Crippen molar-refractivity contribution >= 4 is 51.9 Å². The van der Waals surface area contributed by atoms with Crippen LogP contribution in [0.25, 0.3) is 6.08 Å². The summed E-state index contributed by atoms with van der Waals surface area (Å²) < 4.78 is 0.543. The lowest BCUT2D eigenvalue weighted by Crippen LogP contribution is -2.29. The van der Waals surface area contributed by atoms with Gasteiger partial charge in [0, 0.05) is 18.7 Å². The molecule has 2 amide bonds. The molecule has 27 heavy (non-hydrogen) atoms. The van der Waals surface area contributed by atoms with E-state index in [2.05, 4.69) is 5.32 Å². The minimum Gasteiger partial charge on any atom is -0.326 e.